The van der Waals surface area contributed by atoms with Crippen LogP contribution in [-0.2, 0) is 15.1 Å². The summed E-state index contributed by atoms with van der Waals surface area (Å²) in [4.78, 5) is 40.0. The van der Waals surface area contributed by atoms with Gasteiger partial charge in [0.25, 0.3) is 5.91 Å². The Kier molecular flexibility index (Phi) is 6.65. The number of amides is 4. The summed E-state index contributed by atoms with van der Waals surface area (Å²) in [5.74, 6) is -1.50. The van der Waals surface area contributed by atoms with Gasteiger partial charge in [-0.1, -0.05) is 73.1 Å². The molecule has 3 aromatic rings. The molecule has 1 heterocycles. The van der Waals surface area contributed by atoms with E-state index in [4.69, 9.17) is 11.6 Å². The summed E-state index contributed by atoms with van der Waals surface area (Å²) in [6.45, 7) is 1.29. The Balaban J connectivity index is 1.56. The molecule has 0 aromatic heterocycles. The van der Waals surface area contributed by atoms with E-state index < -0.39 is 41.8 Å². The Morgan fingerprint density at radius 3 is 2.24 bits per heavy atom. The summed E-state index contributed by atoms with van der Waals surface area (Å²) in [5, 5.41) is 6.19. The van der Waals surface area contributed by atoms with Gasteiger partial charge in [-0.15, -0.1) is 0 Å². The van der Waals surface area contributed by atoms with Crippen molar-refractivity contribution in [3.8, 4) is 0 Å². The van der Waals surface area contributed by atoms with Gasteiger partial charge in [0.1, 0.15) is 17.9 Å². The summed E-state index contributed by atoms with van der Waals surface area (Å²) in [6, 6.07) is 20.7. The predicted octanol–water partition coefficient (Wildman–Crippen LogP) is 4.54. The molecule has 4 amide bonds. The van der Waals surface area contributed by atoms with Gasteiger partial charge >= 0.3 is 6.03 Å². The van der Waals surface area contributed by atoms with Gasteiger partial charge < -0.3 is 10.6 Å². The van der Waals surface area contributed by atoms with Gasteiger partial charge in [0.2, 0.25) is 5.91 Å². The van der Waals surface area contributed by atoms with Crippen molar-refractivity contribution in [2.45, 2.75) is 24.9 Å². The molecule has 0 saturated carbocycles. The van der Waals surface area contributed by atoms with E-state index in [9.17, 15) is 18.8 Å². The molecule has 0 unspecified atom stereocenters. The van der Waals surface area contributed by atoms with Gasteiger partial charge in [-0.3, -0.25) is 14.5 Å². The predicted molar refractivity (Wildman–Crippen MR) is 126 cm³/mol. The van der Waals surface area contributed by atoms with E-state index in [2.05, 4.69) is 10.6 Å². The van der Waals surface area contributed by atoms with Crippen molar-refractivity contribution in [1.82, 2.24) is 15.5 Å². The number of urea groups is 1. The molecule has 174 valence electrons. The normalized spacial score (nSPS) is 18.5. The summed E-state index contributed by atoms with van der Waals surface area (Å²) in [6.07, 6.45) is 0.249. The Morgan fingerprint density at radius 1 is 1.00 bits per heavy atom. The summed E-state index contributed by atoms with van der Waals surface area (Å²) in [7, 11) is 0. The molecule has 0 aliphatic carbocycles. The zero-order chi connectivity index (χ0) is 24.3. The SMILES string of the molecule is CC[C@@]1(c2ccc(F)cc2)NC(=O)N(CC(=O)N[C@@H](c2ccccc2)c2ccc(Cl)cc2)C1=O. The molecule has 34 heavy (non-hydrogen) atoms. The second-order valence-corrected chi connectivity index (χ2v) is 8.49. The molecule has 3 aromatic carbocycles. The first-order valence-electron chi connectivity index (χ1n) is 10.8. The maximum atomic E-state index is 13.4. The van der Waals surface area contributed by atoms with E-state index in [1.165, 1.54) is 24.3 Å². The van der Waals surface area contributed by atoms with E-state index in [-0.39, 0.29) is 6.42 Å². The number of imide groups is 1. The van der Waals surface area contributed by atoms with E-state index in [0.717, 1.165) is 16.0 Å². The second kappa shape index (κ2) is 9.65. The van der Waals surface area contributed by atoms with Crippen LogP contribution in [-0.4, -0.2) is 29.3 Å². The number of carbonyl (C=O) groups excluding carboxylic acids is 3. The third-order valence-electron chi connectivity index (χ3n) is 5.99. The lowest BCUT2D eigenvalue weighted by Gasteiger charge is -2.26. The minimum Gasteiger partial charge on any atom is -0.344 e. The summed E-state index contributed by atoms with van der Waals surface area (Å²) >= 11 is 6.02. The van der Waals surface area contributed by atoms with E-state index in [1.54, 1.807) is 19.1 Å². The van der Waals surface area contributed by atoms with Gasteiger partial charge in [0, 0.05) is 5.02 Å². The van der Waals surface area contributed by atoms with Crippen LogP contribution in [0.15, 0.2) is 78.9 Å². The molecule has 1 aliphatic rings. The van der Waals surface area contributed by atoms with Crippen molar-refractivity contribution in [2.24, 2.45) is 0 Å². The average Bonchev–Trinajstić information content (AvgIpc) is 3.09. The standard InChI is InChI=1S/C26H23ClFN3O3/c1-2-26(19-10-14-21(28)15-11-19)24(33)31(25(34)30-26)16-22(32)29-23(17-6-4-3-5-7-17)18-8-12-20(27)13-9-18/h3-15,23H,2,16H2,1H3,(H,29,32)(H,30,34)/t23-,26-/m0/s1. The molecule has 1 saturated heterocycles. The minimum atomic E-state index is -1.35. The third-order valence-corrected chi connectivity index (χ3v) is 6.24. The highest BCUT2D eigenvalue weighted by atomic mass is 35.5. The van der Waals surface area contributed by atoms with Crippen LogP contribution in [0, 0.1) is 5.82 Å². The fourth-order valence-electron chi connectivity index (χ4n) is 4.15. The highest BCUT2D eigenvalue weighted by Crippen LogP contribution is 2.32. The van der Waals surface area contributed by atoms with Gasteiger partial charge in [0.05, 0.1) is 6.04 Å². The average molecular weight is 480 g/mol. The topological polar surface area (TPSA) is 78.5 Å². The number of hydrogen-bond acceptors (Lipinski definition) is 3. The summed E-state index contributed by atoms with van der Waals surface area (Å²) in [5.41, 5.74) is 0.751. The van der Waals surface area contributed by atoms with Crippen LogP contribution in [0.2, 0.25) is 5.02 Å². The maximum absolute atomic E-state index is 13.4. The first-order valence-corrected chi connectivity index (χ1v) is 11.2. The molecular formula is C26H23ClFN3O3. The quantitative estimate of drug-likeness (QED) is 0.488. The number of hydrogen-bond donors (Lipinski definition) is 2. The van der Waals surface area contributed by atoms with Gasteiger partial charge in [-0.25, -0.2) is 9.18 Å². The smallest absolute Gasteiger partial charge is 0.325 e. The lowest BCUT2D eigenvalue weighted by Crippen LogP contribution is -2.45. The molecule has 1 fully saturated rings. The highest BCUT2D eigenvalue weighted by molar-refractivity contribution is 6.30. The molecule has 0 radical (unpaired) electrons. The fraction of sp³-hybridized carbons (Fsp3) is 0.192. The molecule has 2 atom stereocenters. The lowest BCUT2D eigenvalue weighted by atomic mass is 9.87. The van der Waals surface area contributed by atoms with Crippen LogP contribution in [0.3, 0.4) is 0 Å². The fourth-order valence-corrected chi connectivity index (χ4v) is 4.28. The molecule has 6 nitrogen and oxygen atoms in total. The van der Waals surface area contributed by atoms with Crippen LogP contribution in [0.4, 0.5) is 9.18 Å². The lowest BCUT2D eigenvalue weighted by molar-refractivity contribution is -0.135. The van der Waals surface area contributed by atoms with E-state index >= 15 is 0 Å². The number of carbonyl (C=O) groups is 3. The zero-order valence-electron chi connectivity index (χ0n) is 18.4. The first kappa shape index (κ1) is 23.4. The number of rotatable bonds is 7. The molecule has 0 spiro atoms. The number of nitrogens with one attached hydrogen (secondary N) is 2. The van der Waals surface area contributed by atoms with Crippen LogP contribution in [0.1, 0.15) is 36.1 Å². The Labute approximate surface area is 201 Å². The Hall–Kier alpha value is -3.71. The van der Waals surface area contributed by atoms with Crippen molar-refractivity contribution < 1.29 is 18.8 Å². The Bertz CT molecular complexity index is 1200. The second-order valence-electron chi connectivity index (χ2n) is 8.05. The number of benzene rings is 3. The number of halogens is 2. The van der Waals surface area contributed by atoms with Crippen LogP contribution in [0.5, 0.6) is 0 Å². The van der Waals surface area contributed by atoms with Gasteiger partial charge in [-0.05, 0) is 47.4 Å². The van der Waals surface area contributed by atoms with Gasteiger partial charge in [-0.2, -0.15) is 0 Å². The largest absolute Gasteiger partial charge is 0.344 e. The monoisotopic (exact) mass is 479 g/mol. The molecule has 4 rings (SSSR count). The summed E-state index contributed by atoms with van der Waals surface area (Å²) < 4.78 is 13.4. The minimum absolute atomic E-state index is 0.249. The molecule has 1 aliphatic heterocycles. The van der Waals surface area contributed by atoms with Gasteiger partial charge in [0.15, 0.2) is 0 Å². The first-order chi connectivity index (χ1) is 16.3. The maximum Gasteiger partial charge on any atom is 0.325 e. The molecule has 8 heteroatoms. The van der Waals surface area contributed by atoms with E-state index in [0.29, 0.717) is 10.6 Å². The third kappa shape index (κ3) is 4.52. The molecule has 2 N–H and O–H groups in total. The van der Waals surface area contributed by atoms with Crippen molar-refractivity contribution in [2.75, 3.05) is 6.54 Å². The van der Waals surface area contributed by atoms with Crippen LogP contribution < -0.4 is 10.6 Å². The highest BCUT2D eigenvalue weighted by Gasteiger charge is 2.51. The van der Waals surface area contributed by atoms with E-state index in [1.807, 2.05) is 42.5 Å². The van der Waals surface area contributed by atoms with Crippen molar-refractivity contribution in [3.05, 3.63) is 106 Å². The molecular weight excluding hydrogens is 457 g/mol. The Morgan fingerprint density at radius 2 is 1.62 bits per heavy atom. The van der Waals surface area contributed by atoms with Crippen LogP contribution >= 0.6 is 11.6 Å². The van der Waals surface area contributed by atoms with Crippen LogP contribution in [0.25, 0.3) is 0 Å². The number of nitrogens with zero attached hydrogens (tertiary/aromatic N) is 1. The zero-order valence-corrected chi connectivity index (χ0v) is 19.2. The van der Waals surface area contributed by atoms with Crippen molar-refractivity contribution in [1.29, 1.82) is 0 Å². The van der Waals surface area contributed by atoms with Crippen molar-refractivity contribution in [3.63, 3.8) is 0 Å². The van der Waals surface area contributed by atoms with Crippen molar-refractivity contribution >= 4 is 29.4 Å². The molecule has 0 bridgehead atoms.